The van der Waals surface area contributed by atoms with Gasteiger partial charge in [0.1, 0.15) is 15.7 Å². The fraction of sp³-hybridized carbons (Fsp3) is 0.100. The van der Waals surface area contributed by atoms with E-state index in [4.69, 9.17) is 4.74 Å². The van der Waals surface area contributed by atoms with E-state index in [1.54, 1.807) is 6.92 Å². The molecule has 0 spiro atoms. The van der Waals surface area contributed by atoms with Crippen LogP contribution in [0.4, 0.5) is 4.39 Å². The Morgan fingerprint density at radius 1 is 1.03 bits per heavy atom. The number of carbonyl (C=O) groups is 3. The van der Waals surface area contributed by atoms with Gasteiger partial charge in [-0.15, -0.1) is 11.3 Å². The first kappa shape index (κ1) is 20.2. The molecule has 0 fully saturated rings. The first-order valence-electron chi connectivity index (χ1n) is 8.49. The zero-order valence-electron chi connectivity index (χ0n) is 15.3. The fourth-order valence-electron chi connectivity index (χ4n) is 2.36. The van der Waals surface area contributed by atoms with Crippen LogP contribution in [0.3, 0.4) is 0 Å². The van der Waals surface area contributed by atoms with E-state index in [1.165, 1.54) is 18.2 Å². The van der Waals surface area contributed by atoms with Crippen molar-refractivity contribution in [2.75, 3.05) is 6.61 Å². The number of benzene rings is 2. The topological polar surface area (TPSA) is 97.4 Å². The lowest BCUT2D eigenvalue weighted by Crippen LogP contribution is -2.43. The van der Waals surface area contributed by atoms with Gasteiger partial charge in [-0.1, -0.05) is 42.5 Å². The van der Waals surface area contributed by atoms with Gasteiger partial charge in [0.2, 0.25) is 0 Å². The van der Waals surface area contributed by atoms with Gasteiger partial charge in [0.15, 0.2) is 6.61 Å². The summed E-state index contributed by atoms with van der Waals surface area (Å²) in [5.74, 6) is -3.01. The molecule has 0 radical (unpaired) electrons. The highest BCUT2D eigenvalue weighted by atomic mass is 32.1. The van der Waals surface area contributed by atoms with Crippen molar-refractivity contribution in [3.63, 3.8) is 0 Å². The van der Waals surface area contributed by atoms with Gasteiger partial charge in [0.25, 0.3) is 11.8 Å². The monoisotopic (exact) mass is 413 g/mol. The van der Waals surface area contributed by atoms with Gasteiger partial charge < -0.3 is 4.74 Å². The van der Waals surface area contributed by atoms with E-state index < -0.39 is 30.2 Å². The Labute approximate surface area is 169 Å². The molecule has 29 heavy (non-hydrogen) atoms. The number of halogens is 1. The predicted molar refractivity (Wildman–Crippen MR) is 105 cm³/mol. The maximum absolute atomic E-state index is 13.5. The SMILES string of the molecule is Cc1nc(-c2ccccc2)sc1C(=O)OCC(=O)NNC(=O)c1ccccc1F. The van der Waals surface area contributed by atoms with E-state index in [0.29, 0.717) is 10.7 Å². The molecule has 2 aromatic carbocycles. The standard InChI is InChI=1S/C20H16FN3O4S/c1-12-17(29-19(22-12)13-7-3-2-4-8-13)20(27)28-11-16(25)23-24-18(26)14-9-5-6-10-15(14)21/h2-10H,11H2,1H3,(H,23,25)(H,24,26). The Morgan fingerprint density at radius 3 is 2.45 bits per heavy atom. The predicted octanol–water partition coefficient (Wildman–Crippen LogP) is 2.88. The van der Waals surface area contributed by atoms with Gasteiger partial charge in [-0.3, -0.25) is 20.4 Å². The molecule has 0 saturated carbocycles. The van der Waals surface area contributed by atoms with Crippen LogP contribution >= 0.6 is 11.3 Å². The Morgan fingerprint density at radius 2 is 1.72 bits per heavy atom. The maximum Gasteiger partial charge on any atom is 0.350 e. The minimum atomic E-state index is -0.825. The summed E-state index contributed by atoms with van der Waals surface area (Å²) in [7, 11) is 0. The van der Waals surface area contributed by atoms with Gasteiger partial charge in [0.05, 0.1) is 11.3 Å². The molecule has 3 aromatic rings. The number of hydrogen-bond donors (Lipinski definition) is 2. The summed E-state index contributed by atoms with van der Waals surface area (Å²) in [5, 5.41) is 0.664. The van der Waals surface area contributed by atoms with Crippen LogP contribution in [0.1, 0.15) is 25.7 Å². The molecule has 2 amide bonds. The number of esters is 1. The fourth-order valence-corrected chi connectivity index (χ4v) is 3.33. The lowest BCUT2D eigenvalue weighted by Gasteiger charge is -2.08. The second-order valence-electron chi connectivity index (χ2n) is 5.86. The van der Waals surface area contributed by atoms with Crippen LogP contribution in [-0.2, 0) is 9.53 Å². The smallest absolute Gasteiger partial charge is 0.350 e. The molecule has 1 heterocycles. The number of nitrogens with zero attached hydrogens (tertiary/aromatic N) is 1. The number of carbonyl (C=O) groups excluding carboxylic acids is 3. The number of hydrogen-bond acceptors (Lipinski definition) is 6. The van der Waals surface area contributed by atoms with Crippen LogP contribution in [-0.4, -0.2) is 29.4 Å². The highest BCUT2D eigenvalue weighted by molar-refractivity contribution is 7.17. The third-order valence-electron chi connectivity index (χ3n) is 3.77. The lowest BCUT2D eigenvalue weighted by molar-refractivity contribution is -0.125. The van der Waals surface area contributed by atoms with Crippen molar-refractivity contribution < 1.29 is 23.5 Å². The third kappa shape index (κ3) is 5.02. The summed E-state index contributed by atoms with van der Waals surface area (Å²) in [4.78, 5) is 40.5. The van der Waals surface area contributed by atoms with E-state index >= 15 is 0 Å². The number of rotatable bonds is 5. The molecule has 0 saturated heterocycles. The molecule has 0 aliphatic heterocycles. The van der Waals surface area contributed by atoms with Crippen molar-refractivity contribution in [3.8, 4) is 10.6 Å². The number of aromatic nitrogens is 1. The van der Waals surface area contributed by atoms with Gasteiger partial charge in [-0.2, -0.15) is 0 Å². The van der Waals surface area contributed by atoms with Crippen LogP contribution in [0.25, 0.3) is 10.6 Å². The number of hydrazine groups is 1. The number of nitrogens with one attached hydrogen (secondary N) is 2. The van der Waals surface area contributed by atoms with Crippen LogP contribution in [0.2, 0.25) is 0 Å². The molecule has 0 atom stereocenters. The van der Waals surface area contributed by atoms with E-state index in [1.807, 2.05) is 30.3 Å². The van der Waals surface area contributed by atoms with Crippen molar-refractivity contribution in [2.24, 2.45) is 0 Å². The Kier molecular flexibility index (Phi) is 6.30. The average Bonchev–Trinajstić information content (AvgIpc) is 3.13. The molecule has 148 valence electrons. The quantitative estimate of drug-likeness (QED) is 0.495. The summed E-state index contributed by atoms with van der Waals surface area (Å²) in [6, 6.07) is 14.7. The molecular formula is C20H16FN3O4S. The summed E-state index contributed by atoms with van der Waals surface area (Å²) >= 11 is 1.16. The van der Waals surface area contributed by atoms with E-state index in [2.05, 4.69) is 15.8 Å². The first-order chi connectivity index (χ1) is 14.0. The normalized spacial score (nSPS) is 10.3. The summed E-state index contributed by atoms with van der Waals surface area (Å²) in [6.45, 7) is 1.06. The molecule has 0 aliphatic carbocycles. The third-order valence-corrected chi connectivity index (χ3v) is 4.96. The molecule has 3 rings (SSSR count). The number of thiazole rings is 1. The van der Waals surface area contributed by atoms with Gasteiger partial charge in [-0.05, 0) is 19.1 Å². The molecule has 1 aromatic heterocycles. The Bertz CT molecular complexity index is 1050. The van der Waals surface area contributed by atoms with Crippen LogP contribution in [0, 0.1) is 12.7 Å². The van der Waals surface area contributed by atoms with Crippen molar-refractivity contribution in [1.82, 2.24) is 15.8 Å². The molecule has 0 aliphatic rings. The van der Waals surface area contributed by atoms with Crippen molar-refractivity contribution >= 4 is 29.1 Å². The summed E-state index contributed by atoms with van der Waals surface area (Å²) < 4.78 is 18.5. The zero-order chi connectivity index (χ0) is 20.8. The largest absolute Gasteiger partial charge is 0.451 e. The van der Waals surface area contributed by atoms with Crippen molar-refractivity contribution in [2.45, 2.75) is 6.92 Å². The summed E-state index contributed by atoms with van der Waals surface area (Å²) in [6.07, 6.45) is 0. The Hall–Kier alpha value is -3.59. The van der Waals surface area contributed by atoms with Gasteiger partial charge in [-0.25, -0.2) is 14.2 Å². The number of aryl methyl sites for hydroxylation is 1. The highest BCUT2D eigenvalue weighted by Gasteiger charge is 2.19. The zero-order valence-corrected chi connectivity index (χ0v) is 16.1. The number of amides is 2. The van der Waals surface area contributed by atoms with Crippen LogP contribution in [0.15, 0.2) is 54.6 Å². The second-order valence-corrected chi connectivity index (χ2v) is 6.86. The minimum absolute atomic E-state index is 0.224. The van der Waals surface area contributed by atoms with Crippen molar-refractivity contribution in [3.05, 3.63) is 76.5 Å². The number of ether oxygens (including phenoxy) is 1. The lowest BCUT2D eigenvalue weighted by atomic mass is 10.2. The van der Waals surface area contributed by atoms with E-state index in [0.717, 1.165) is 23.0 Å². The minimum Gasteiger partial charge on any atom is -0.451 e. The van der Waals surface area contributed by atoms with E-state index in [9.17, 15) is 18.8 Å². The maximum atomic E-state index is 13.5. The average molecular weight is 413 g/mol. The van der Waals surface area contributed by atoms with Crippen molar-refractivity contribution in [1.29, 1.82) is 0 Å². The van der Waals surface area contributed by atoms with E-state index in [-0.39, 0.29) is 10.4 Å². The van der Waals surface area contributed by atoms with Gasteiger partial charge in [0, 0.05) is 5.56 Å². The van der Waals surface area contributed by atoms with Crippen LogP contribution < -0.4 is 10.9 Å². The second kappa shape index (κ2) is 9.07. The highest BCUT2D eigenvalue weighted by Crippen LogP contribution is 2.28. The molecular weight excluding hydrogens is 397 g/mol. The Balaban J connectivity index is 1.53. The molecule has 0 unspecified atom stereocenters. The summed E-state index contributed by atoms with van der Waals surface area (Å²) in [5.41, 5.74) is 5.26. The molecule has 9 heteroatoms. The van der Waals surface area contributed by atoms with Crippen LogP contribution in [0.5, 0.6) is 0 Å². The van der Waals surface area contributed by atoms with Gasteiger partial charge >= 0.3 is 5.97 Å². The molecule has 0 bridgehead atoms. The first-order valence-corrected chi connectivity index (χ1v) is 9.31. The molecule has 2 N–H and O–H groups in total. The molecule has 7 nitrogen and oxygen atoms in total.